The molecule has 152 valence electrons. The van der Waals surface area contributed by atoms with Gasteiger partial charge in [0.25, 0.3) is 5.91 Å². The molecule has 1 aliphatic rings. The highest BCUT2D eigenvalue weighted by Gasteiger charge is 2.57. The summed E-state index contributed by atoms with van der Waals surface area (Å²) < 4.78 is 56.1. The number of amides is 2. The van der Waals surface area contributed by atoms with E-state index in [2.05, 4.69) is 11.3 Å². The van der Waals surface area contributed by atoms with Crippen LogP contribution in [0.15, 0.2) is 36.9 Å². The van der Waals surface area contributed by atoms with Crippen LogP contribution in [0.2, 0.25) is 0 Å². The van der Waals surface area contributed by atoms with Crippen molar-refractivity contribution in [3.05, 3.63) is 48.3 Å². The average Bonchev–Trinajstić information content (AvgIpc) is 3.00. The van der Waals surface area contributed by atoms with Crippen LogP contribution < -0.4 is 5.32 Å². The lowest BCUT2D eigenvalue weighted by atomic mass is 9.84. The maximum atomic E-state index is 13.1. The van der Waals surface area contributed by atoms with Crippen LogP contribution in [0.3, 0.4) is 0 Å². The lowest BCUT2D eigenvalue weighted by Gasteiger charge is -2.32. The largest absolute Gasteiger partial charge is 0.471 e. The first-order chi connectivity index (χ1) is 13.0. The van der Waals surface area contributed by atoms with E-state index in [1.165, 1.54) is 18.2 Å². The van der Waals surface area contributed by atoms with Crippen LogP contribution in [-0.2, 0) is 14.3 Å². The minimum atomic E-state index is -5.23. The molecule has 0 aliphatic carbocycles. The number of nitrogens with zero attached hydrogens (tertiary/aromatic N) is 1. The maximum Gasteiger partial charge on any atom is 0.471 e. The monoisotopic (exact) mass is 402 g/mol. The number of carbonyl (C=O) groups excluding carboxylic acids is 3. The Bertz CT molecular complexity index is 779. The fourth-order valence-corrected chi connectivity index (χ4v) is 3.20. The highest BCUT2D eigenvalue weighted by molar-refractivity contribution is 5.97. The van der Waals surface area contributed by atoms with Crippen molar-refractivity contribution in [3.63, 3.8) is 0 Å². The van der Waals surface area contributed by atoms with Gasteiger partial charge in [0.15, 0.2) is 5.54 Å². The SMILES string of the molecule is C=CC[C@H]1CN(C(=O)c2ccc(F)cc2)C[C@@]1(NC(=O)C(F)(F)F)C(=O)OC. The first-order valence-corrected chi connectivity index (χ1v) is 8.18. The van der Waals surface area contributed by atoms with E-state index in [1.807, 2.05) is 0 Å². The molecule has 1 fully saturated rings. The molecule has 2 atom stereocenters. The predicted molar refractivity (Wildman–Crippen MR) is 89.6 cm³/mol. The Balaban J connectivity index is 2.40. The van der Waals surface area contributed by atoms with Crippen molar-refractivity contribution in [1.29, 1.82) is 0 Å². The molecule has 0 bridgehead atoms. The van der Waals surface area contributed by atoms with Crippen LogP contribution in [0.4, 0.5) is 17.6 Å². The molecule has 6 nitrogen and oxygen atoms in total. The van der Waals surface area contributed by atoms with E-state index >= 15 is 0 Å². The first kappa shape index (κ1) is 21.4. The summed E-state index contributed by atoms with van der Waals surface area (Å²) >= 11 is 0. The molecule has 0 aromatic heterocycles. The minimum absolute atomic E-state index is 0.0421. The van der Waals surface area contributed by atoms with Gasteiger partial charge in [-0.15, -0.1) is 6.58 Å². The summed E-state index contributed by atoms with van der Waals surface area (Å²) in [6.45, 7) is 2.85. The fraction of sp³-hybridized carbons (Fsp3) is 0.389. The van der Waals surface area contributed by atoms with Crippen LogP contribution in [0.25, 0.3) is 0 Å². The molecule has 0 unspecified atom stereocenters. The summed E-state index contributed by atoms with van der Waals surface area (Å²) in [5, 5.41) is 1.72. The van der Waals surface area contributed by atoms with Gasteiger partial charge in [-0.3, -0.25) is 9.59 Å². The maximum absolute atomic E-state index is 13.1. The highest BCUT2D eigenvalue weighted by atomic mass is 19.4. The number of allylic oxidation sites excluding steroid dienone is 1. The first-order valence-electron chi connectivity index (χ1n) is 8.18. The standard InChI is InChI=1S/C18H18F4N2O4/c1-3-4-12-9-24(14(25)11-5-7-13(19)8-6-11)10-17(12,16(27)28-2)23-15(26)18(20,21)22/h3,5-8,12H,1,4,9-10H2,2H3,(H,23,26)/t12-,17-/m0/s1. The normalized spacial score (nSPS) is 21.9. The molecule has 10 heteroatoms. The third-order valence-corrected chi connectivity index (χ3v) is 4.55. The van der Waals surface area contributed by atoms with E-state index in [-0.39, 0.29) is 18.5 Å². The predicted octanol–water partition coefficient (Wildman–Crippen LogP) is 2.06. The Morgan fingerprint density at radius 2 is 1.93 bits per heavy atom. The van der Waals surface area contributed by atoms with E-state index in [0.717, 1.165) is 24.1 Å². The van der Waals surface area contributed by atoms with Gasteiger partial charge < -0.3 is 15.0 Å². The number of ether oxygens (including phenoxy) is 1. The minimum Gasteiger partial charge on any atom is -0.467 e. The molecule has 1 N–H and O–H groups in total. The lowest BCUT2D eigenvalue weighted by molar-refractivity contribution is -0.178. The second-order valence-electron chi connectivity index (χ2n) is 6.33. The number of carbonyl (C=O) groups is 3. The number of likely N-dealkylation sites (tertiary alicyclic amines) is 1. The number of halogens is 4. The molecule has 2 rings (SSSR count). The number of methoxy groups -OCH3 is 1. The summed E-state index contributed by atoms with van der Waals surface area (Å²) in [5.41, 5.74) is -2.01. The third kappa shape index (κ3) is 4.15. The molecule has 0 spiro atoms. The van der Waals surface area contributed by atoms with Crippen molar-refractivity contribution in [2.45, 2.75) is 18.1 Å². The summed E-state index contributed by atoms with van der Waals surface area (Å²) in [7, 11) is 0.971. The van der Waals surface area contributed by atoms with Gasteiger partial charge in [0.1, 0.15) is 5.82 Å². The summed E-state index contributed by atoms with van der Waals surface area (Å²) in [5.74, 6) is -5.51. The van der Waals surface area contributed by atoms with Crippen molar-refractivity contribution < 1.29 is 36.7 Å². The number of nitrogens with one attached hydrogen (secondary N) is 1. The van der Waals surface area contributed by atoms with Gasteiger partial charge >= 0.3 is 18.1 Å². The zero-order valence-electron chi connectivity index (χ0n) is 14.9. The number of esters is 1. The molecule has 1 aliphatic heterocycles. The Hall–Kier alpha value is -2.91. The van der Waals surface area contributed by atoms with Gasteiger partial charge in [0.2, 0.25) is 0 Å². The molecular weight excluding hydrogens is 384 g/mol. The third-order valence-electron chi connectivity index (χ3n) is 4.55. The number of hydrogen-bond donors (Lipinski definition) is 1. The molecule has 28 heavy (non-hydrogen) atoms. The average molecular weight is 402 g/mol. The fourth-order valence-electron chi connectivity index (χ4n) is 3.20. The molecule has 0 radical (unpaired) electrons. The van der Waals surface area contributed by atoms with Crippen LogP contribution in [-0.4, -0.2) is 54.6 Å². The summed E-state index contributed by atoms with van der Waals surface area (Å²) in [6.07, 6.45) is -3.82. The van der Waals surface area contributed by atoms with Crippen LogP contribution in [0.1, 0.15) is 16.8 Å². The molecule has 1 aromatic carbocycles. The summed E-state index contributed by atoms with van der Waals surface area (Å²) in [6, 6.07) is 4.55. The van der Waals surface area contributed by atoms with Crippen LogP contribution in [0, 0.1) is 11.7 Å². The Morgan fingerprint density at radius 3 is 2.43 bits per heavy atom. The molecule has 0 saturated carbocycles. The quantitative estimate of drug-likeness (QED) is 0.465. The second-order valence-corrected chi connectivity index (χ2v) is 6.33. The number of hydrogen-bond acceptors (Lipinski definition) is 4. The number of benzene rings is 1. The van der Waals surface area contributed by atoms with Crippen LogP contribution >= 0.6 is 0 Å². The molecule has 1 saturated heterocycles. The van der Waals surface area contributed by atoms with E-state index in [1.54, 1.807) is 5.32 Å². The zero-order valence-corrected chi connectivity index (χ0v) is 14.9. The summed E-state index contributed by atoms with van der Waals surface area (Å²) in [4.78, 5) is 37.8. The van der Waals surface area contributed by atoms with E-state index in [0.29, 0.717) is 0 Å². The molecular formula is C18H18F4N2O4. The zero-order chi connectivity index (χ0) is 21.1. The highest BCUT2D eigenvalue weighted by Crippen LogP contribution is 2.34. The molecule has 1 heterocycles. The second kappa shape index (κ2) is 7.99. The molecule has 2 amide bonds. The van der Waals surface area contributed by atoms with Crippen molar-refractivity contribution in [2.75, 3.05) is 20.2 Å². The number of rotatable bonds is 5. The van der Waals surface area contributed by atoms with Crippen molar-refractivity contribution >= 4 is 17.8 Å². The van der Waals surface area contributed by atoms with Gasteiger partial charge in [0, 0.05) is 18.0 Å². The Morgan fingerprint density at radius 1 is 1.32 bits per heavy atom. The van der Waals surface area contributed by atoms with Crippen LogP contribution in [0.5, 0.6) is 0 Å². The van der Waals surface area contributed by atoms with E-state index in [9.17, 15) is 31.9 Å². The van der Waals surface area contributed by atoms with Gasteiger partial charge in [-0.25, -0.2) is 9.18 Å². The Kier molecular flexibility index (Phi) is 6.10. The number of alkyl halides is 3. The van der Waals surface area contributed by atoms with E-state index < -0.39 is 47.8 Å². The Labute approximate surface area is 158 Å². The van der Waals surface area contributed by atoms with Gasteiger partial charge in [-0.1, -0.05) is 6.08 Å². The van der Waals surface area contributed by atoms with Gasteiger partial charge in [0.05, 0.1) is 13.7 Å². The smallest absolute Gasteiger partial charge is 0.467 e. The van der Waals surface area contributed by atoms with Crippen molar-refractivity contribution in [3.8, 4) is 0 Å². The van der Waals surface area contributed by atoms with Crippen molar-refractivity contribution in [2.24, 2.45) is 5.92 Å². The lowest BCUT2D eigenvalue weighted by Crippen LogP contribution is -2.63. The van der Waals surface area contributed by atoms with Gasteiger partial charge in [-0.2, -0.15) is 13.2 Å². The van der Waals surface area contributed by atoms with E-state index in [4.69, 9.17) is 0 Å². The topological polar surface area (TPSA) is 75.7 Å². The van der Waals surface area contributed by atoms with Crippen molar-refractivity contribution in [1.82, 2.24) is 10.2 Å². The molecule has 1 aromatic rings. The van der Waals surface area contributed by atoms with Gasteiger partial charge in [-0.05, 0) is 30.7 Å².